The smallest absolute Gasteiger partial charge is 0.235 e. The van der Waals surface area contributed by atoms with E-state index in [1.807, 2.05) is 61.5 Å². The van der Waals surface area contributed by atoms with E-state index in [2.05, 4.69) is 0 Å². The lowest BCUT2D eigenvalue weighted by Crippen LogP contribution is -2.29. The first-order valence-corrected chi connectivity index (χ1v) is 7.66. The van der Waals surface area contributed by atoms with Crippen LogP contribution in [0.5, 0.6) is 0 Å². The molecule has 3 nitrogen and oxygen atoms in total. The quantitative estimate of drug-likeness (QED) is 0.843. The Morgan fingerprint density at radius 1 is 1.05 bits per heavy atom. The van der Waals surface area contributed by atoms with Gasteiger partial charge in [0.25, 0.3) is 0 Å². The minimum absolute atomic E-state index is 0.0341. The van der Waals surface area contributed by atoms with E-state index in [0.29, 0.717) is 19.4 Å². The zero-order valence-electron chi connectivity index (χ0n) is 12.7. The van der Waals surface area contributed by atoms with Crippen LogP contribution in [0, 0.1) is 0 Å². The summed E-state index contributed by atoms with van der Waals surface area (Å²) in [7, 11) is 0. The lowest BCUT2D eigenvalue weighted by atomic mass is 9.94. The number of hydrogen-bond acceptors (Lipinski definition) is 2. The number of amides is 1. The molecule has 22 heavy (non-hydrogen) atoms. The summed E-state index contributed by atoms with van der Waals surface area (Å²) in [5.74, 6) is -0.158. The topological polar surface area (TPSA) is 37.4 Å². The maximum atomic E-state index is 12.8. The third-order valence-corrected chi connectivity index (χ3v) is 4.18. The van der Waals surface area contributed by atoms with Crippen molar-refractivity contribution in [3.63, 3.8) is 0 Å². The van der Waals surface area contributed by atoms with Gasteiger partial charge < -0.3 is 4.90 Å². The fraction of sp³-hybridized carbons (Fsp3) is 0.263. The predicted molar refractivity (Wildman–Crippen MR) is 86.7 cm³/mol. The van der Waals surface area contributed by atoms with Crippen molar-refractivity contribution >= 4 is 17.4 Å². The summed E-state index contributed by atoms with van der Waals surface area (Å²) < 4.78 is 0. The van der Waals surface area contributed by atoms with Crippen molar-refractivity contribution in [3.8, 4) is 0 Å². The van der Waals surface area contributed by atoms with E-state index in [9.17, 15) is 9.59 Å². The van der Waals surface area contributed by atoms with Crippen LogP contribution in [0.1, 0.15) is 36.8 Å². The number of ketones is 1. The number of nitrogens with zero attached hydrogens (tertiary/aromatic N) is 1. The third kappa shape index (κ3) is 2.67. The molecule has 2 aromatic rings. The van der Waals surface area contributed by atoms with Crippen molar-refractivity contribution in [2.75, 3.05) is 4.90 Å². The normalized spacial score (nSPS) is 16.7. The van der Waals surface area contributed by atoms with Crippen LogP contribution in [0.25, 0.3) is 0 Å². The molecule has 1 heterocycles. The summed E-state index contributed by atoms with van der Waals surface area (Å²) in [6, 6.07) is 17.7. The summed E-state index contributed by atoms with van der Waals surface area (Å²) in [4.78, 5) is 26.4. The van der Waals surface area contributed by atoms with E-state index in [0.717, 1.165) is 16.8 Å². The van der Waals surface area contributed by atoms with Gasteiger partial charge in [-0.3, -0.25) is 9.59 Å². The summed E-state index contributed by atoms with van der Waals surface area (Å²) in [6.07, 6.45) is 0.780. The zero-order chi connectivity index (χ0) is 15.5. The molecule has 0 spiro atoms. The Balaban J connectivity index is 1.92. The van der Waals surface area contributed by atoms with E-state index in [-0.39, 0.29) is 17.6 Å². The summed E-state index contributed by atoms with van der Waals surface area (Å²) in [5.41, 5.74) is 3.00. The highest BCUT2D eigenvalue weighted by molar-refractivity contribution is 6.06. The van der Waals surface area contributed by atoms with Gasteiger partial charge in [-0.15, -0.1) is 0 Å². The largest absolute Gasteiger partial charge is 0.307 e. The van der Waals surface area contributed by atoms with Crippen molar-refractivity contribution in [1.29, 1.82) is 0 Å². The van der Waals surface area contributed by atoms with Gasteiger partial charge in [-0.05, 0) is 17.2 Å². The van der Waals surface area contributed by atoms with E-state index >= 15 is 0 Å². The molecule has 0 aliphatic carbocycles. The molecular weight excluding hydrogens is 274 g/mol. The SMILES string of the molecule is CCC(=O)CC1C(=O)N(Cc2ccccc2)c2ccccc21. The van der Waals surface area contributed by atoms with Gasteiger partial charge in [-0.1, -0.05) is 55.5 Å². The molecule has 0 saturated carbocycles. The second-order valence-corrected chi connectivity index (χ2v) is 5.62. The molecule has 0 aromatic heterocycles. The van der Waals surface area contributed by atoms with Gasteiger partial charge in [0.15, 0.2) is 0 Å². The number of rotatable bonds is 5. The van der Waals surface area contributed by atoms with Gasteiger partial charge >= 0.3 is 0 Å². The highest BCUT2D eigenvalue weighted by Crippen LogP contribution is 2.40. The molecule has 3 rings (SSSR count). The van der Waals surface area contributed by atoms with E-state index in [1.54, 1.807) is 4.90 Å². The number of carbonyl (C=O) groups excluding carboxylic acids is 2. The van der Waals surface area contributed by atoms with E-state index in [1.165, 1.54) is 0 Å². The maximum absolute atomic E-state index is 12.8. The molecule has 0 radical (unpaired) electrons. The van der Waals surface area contributed by atoms with Crippen molar-refractivity contribution < 1.29 is 9.59 Å². The number of fused-ring (bicyclic) bond motifs is 1. The predicted octanol–water partition coefficient (Wildman–Crippen LogP) is 3.69. The molecule has 0 bridgehead atoms. The van der Waals surface area contributed by atoms with Gasteiger partial charge in [0, 0.05) is 18.5 Å². The first kappa shape index (κ1) is 14.5. The molecule has 2 aromatic carbocycles. The number of carbonyl (C=O) groups is 2. The molecule has 0 saturated heterocycles. The molecule has 112 valence electrons. The Morgan fingerprint density at radius 2 is 1.73 bits per heavy atom. The van der Waals surface area contributed by atoms with E-state index < -0.39 is 0 Å². The standard InChI is InChI=1S/C19H19NO2/c1-2-15(21)12-17-16-10-6-7-11-18(16)20(19(17)22)13-14-8-4-3-5-9-14/h3-11,17H,2,12-13H2,1H3. The number of para-hydroxylation sites is 1. The maximum Gasteiger partial charge on any atom is 0.235 e. The van der Waals surface area contributed by atoms with Crippen LogP contribution in [0.2, 0.25) is 0 Å². The second-order valence-electron chi connectivity index (χ2n) is 5.62. The molecule has 1 aliphatic rings. The van der Waals surface area contributed by atoms with Crippen LogP contribution in [-0.2, 0) is 16.1 Å². The average Bonchev–Trinajstić information content (AvgIpc) is 2.82. The molecule has 1 unspecified atom stereocenters. The van der Waals surface area contributed by atoms with Crippen molar-refractivity contribution in [2.45, 2.75) is 32.2 Å². The zero-order valence-corrected chi connectivity index (χ0v) is 12.7. The van der Waals surface area contributed by atoms with Gasteiger partial charge in [-0.25, -0.2) is 0 Å². The first-order valence-electron chi connectivity index (χ1n) is 7.66. The Morgan fingerprint density at radius 3 is 2.45 bits per heavy atom. The van der Waals surface area contributed by atoms with Gasteiger partial charge in [0.2, 0.25) is 5.91 Å². The molecule has 1 atom stereocenters. The van der Waals surface area contributed by atoms with Crippen LogP contribution in [0.15, 0.2) is 54.6 Å². The van der Waals surface area contributed by atoms with Crippen molar-refractivity contribution in [2.24, 2.45) is 0 Å². The van der Waals surface area contributed by atoms with Crippen molar-refractivity contribution in [1.82, 2.24) is 0 Å². The van der Waals surface area contributed by atoms with Crippen molar-refractivity contribution in [3.05, 3.63) is 65.7 Å². The number of Topliss-reactive ketones (excluding diaryl/α,β-unsaturated/α-hetero) is 1. The molecule has 1 amide bonds. The fourth-order valence-electron chi connectivity index (χ4n) is 2.97. The second kappa shape index (κ2) is 6.14. The van der Waals surface area contributed by atoms with Gasteiger partial charge in [0.1, 0.15) is 5.78 Å². The fourth-order valence-corrected chi connectivity index (χ4v) is 2.97. The van der Waals surface area contributed by atoms with Crippen LogP contribution < -0.4 is 4.90 Å². The van der Waals surface area contributed by atoms with Crippen LogP contribution in [-0.4, -0.2) is 11.7 Å². The number of hydrogen-bond donors (Lipinski definition) is 0. The molecule has 1 aliphatic heterocycles. The van der Waals surface area contributed by atoms with E-state index in [4.69, 9.17) is 0 Å². The summed E-state index contributed by atoms with van der Waals surface area (Å²) >= 11 is 0. The first-order chi connectivity index (χ1) is 10.7. The highest BCUT2D eigenvalue weighted by Gasteiger charge is 2.37. The lowest BCUT2D eigenvalue weighted by Gasteiger charge is -2.18. The Kier molecular flexibility index (Phi) is 4.05. The van der Waals surface area contributed by atoms with Crippen LogP contribution in [0.3, 0.4) is 0 Å². The molecule has 0 N–H and O–H groups in total. The van der Waals surface area contributed by atoms with Gasteiger partial charge in [0.05, 0.1) is 12.5 Å². The van der Waals surface area contributed by atoms with Gasteiger partial charge in [-0.2, -0.15) is 0 Å². The van der Waals surface area contributed by atoms with Crippen LogP contribution in [0.4, 0.5) is 5.69 Å². The summed E-state index contributed by atoms with van der Waals surface area (Å²) in [6.45, 7) is 2.39. The number of anilines is 1. The minimum Gasteiger partial charge on any atom is -0.307 e. The lowest BCUT2D eigenvalue weighted by molar-refractivity contribution is -0.124. The molecule has 0 fully saturated rings. The Hall–Kier alpha value is -2.42. The Labute approximate surface area is 130 Å². The number of benzene rings is 2. The molecular formula is C19H19NO2. The summed E-state index contributed by atoms with van der Waals surface area (Å²) in [5, 5.41) is 0. The monoisotopic (exact) mass is 293 g/mol. The van der Waals surface area contributed by atoms with Crippen LogP contribution >= 0.6 is 0 Å². The highest BCUT2D eigenvalue weighted by atomic mass is 16.2. The minimum atomic E-state index is -0.327. The Bertz CT molecular complexity index is 694. The molecule has 3 heteroatoms. The average molecular weight is 293 g/mol. The third-order valence-electron chi connectivity index (χ3n) is 4.18.